The second-order valence-electron chi connectivity index (χ2n) is 5.90. The average Bonchev–Trinajstić information content (AvgIpc) is 2.62. The van der Waals surface area contributed by atoms with Gasteiger partial charge in [-0.05, 0) is 30.5 Å². The number of nitrogens with one attached hydrogen (secondary N) is 1. The van der Waals surface area contributed by atoms with Gasteiger partial charge in [-0.1, -0.05) is 53.5 Å². The number of amides is 1. The molecule has 0 saturated carbocycles. The lowest BCUT2D eigenvalue weighted by molar-refractivity contribution is -0.121. The Morgan fingerprint density at radius 3 is 2.69 bits per heavy atom. The molecule has 0 aliphatic rings. The molecule has 7 heteroatoms. The maximum atomic E-state index is 12.5. The van der Waals surface area contributed by atoms with Crippen molar-refractivity contribution in [3.8, 4) is 0 Å². The number of hydrogen-bond acceptors (Lipinski definition) is 3. The molecule has 1 amide bonds. The fourth-order valence-electron chi connectivity index (χ4n) is 2.68. The highest BCUT2D eigenvalue weighted by Gasteiger charge is 2.11. The number of hydrogen-bond donors (Lipinski definition) is 1. The van der Waals surface area contributed by atoms with E-state index in [-0.39, 0.29) is 18.0 Å². The van der Waals surface area contributed by atoms with Crippen LogP contribution in [-0.4, -0.2) is 22.0 Å². The van der Waals surface area contributed by atoms with Gasteiger partial charge in [0, 0.05) is 11.6 Å². The summed E-state index contributed by atoms with van der Waals surface area (Å²) >= 11 is 12.0. The Balaban J connectivity index is 1.61. The van der Waals surface area contributed by atoms with Crippen molar-refractivity contribution in [2.45, 2.75) is 19.4 Å². The molecule has 3 rings (SSSR count). The lowest BCUT2D eigenvalue weighted by Gasteiger charge is -2.09. The monoisotopic (exact) mass is 389 g/mol. The number of aryl methyl sites for hydroxylation is 1. The molecule has 26 heavy (non-hydrogen) atoms. The van der Waals surface area contributed by atoms with Gasteiger partial charge in [0.15, 0.2) is 0 Å². The zero-order valence-electron chi connectivity index (χ0n) is 13.9. The van der Waals surface area contributed by atoms with Crippen molar-refractivity contribution in [3.63, 3.8) is 0 Å². The Hall–Kier alpha value is -2.37. The highest BCUT2D eigenvalue weighted by molar-refractivity contribution is 6.38. The lowest BCUT2D eigenvalue weighted by atomic mass is 10.1. The quantitative estimate of drug-likeness (QED) is 0.656. The van der Waals surface area contributed by atoms with Gasteiger partial charge in [-0.15, -0.1) is 0 Å². The number of nitrogens with zero attached hydrogens (tertiary/aromatic N) is 2. The van der Waals surface area contributed by atoms with E-state index in [2.05, 4.69) is 22.4 Å². The van der Waals surface area contributed by atoms with Crippen LogP contribution in [0.3, 0.4) is 0 Å². The third-order valence-electron chi connectivity index (χ3n) is 3.97. The maximum Gasteiger partial charge on any atom is 0.261 e. The zero-order chi connectivity index (χ0) is 18.5. The second-order valence-corrected chi connectivity index (χ2v) is 6.74. The van der Waals surface area contributed by atoms with E-state index in [1.165, 1.54) is 28.6 Å². The first-order chi connectivity index (χ1) is 12.5. The molecule has 3 aromatic rings. The van der Waals surface area contributed by atoms with E-state index < -0.39 is 0 Å². The summed E-state index contributed by atoms with van der Waals surface area (Å²) in [5.74, 6) is -0.241. The summed E-state index contributed by atoms with van der Waals surface area (Å²) in [6.07, 6.45) is 3.04. The fraction of sp³-hybridized carbons (Fsp3) is 0.211. The molecule has 0 spiro atoms. The van der Waals surface area contributed by atoms with Gasteiger partial charge in [0.1, 0.15) is 6.54 Å². The van der Waals surface area contributed by atoms with Crippen LogP contribution in [0.2, 0.25) is 10.0 Å². The first-order valence-corrected chi connectivity index (χ1v) is 8.95. The normalized spacial score (nSPS) is 10.8. The lowest BCUT2D eigenvalue weighted by Crippen LogP contribution is -2.33. The standard InChI is InChI=1S/C19H17Cl2N3O2/c20-14-9-15-18(16(21)10-14)23-12-24(19(15)26)11-17(25)22-8-4-7-13-5-2-1-3-6-13/h1-3,5-6,9-10,12H,4,7-8,11H2,(H,22,25). The molecule has 5 nitrogen and oxygen atoms in total. The maximum absolute atomic E-state index is 12.5. The van der Waals surface area contributed by atoms with Crippen molar-refractivity contribution in [2.75, 3.05) is 6.54 Å². The van der Waals surface area contributed by atoms with Crippen LogP contribution >= 0.6 is 23.2 Å². The van der Waals surface area contributed by atoms with E-state index in [4.69, 9.17) is 23.2 Å². The highest BCUT2D eigenvalue weighted by atomic mass is 35.5. The van der Waals surface area contributed by atoms with Crippen LogP contribution in [0.5, 0.6) is 0 Å². The Morgan fingerprint density at radius 1 is 1.15 bits per heavy atom. The summed E-state index contributed by atoms with van der Waals surface area (Å²) in [7, 11) is 0. The molecule has 1 heterocycles. The van der Waals surface area contributed by atoms with Crippen molar-refractivity contribution in [3.05, 3.63) is 74.8 Å². The largest absolute Gasteiger partial charge is 0.355 e. The van der Waals surface area contributed by atoms with Crippen molar-refractivity contribution in [2.24, 2.45) is 0 Å². The molecule has 1 aromatic heterocycles. The number of benzene rings is 2. The smallest absolute Gasteiger partial charge is 0.261 e. The van der Waals surface area contributed by atoms with Gasteiger partial charge in [0.05, 0.1) is 22.3 Å². The molecule has 0 fully saturated rings. The van der Waals surface area contributed by atoms with Gasteiger partial charge in [-0.3, -0.25) is 14.2 Å². The Morgan fingerprint density at radius 2 is 1.92 bits per heavy atom. The molecule has 0 radical (unpaired) electrons. The van der Waals surface area contributed by atoms with Crippen LogP contribution in [0.25, 0.3) is 10.9 Å². The van der Waals surface area contributed by atoms with E-state index in [9.17, 15) is 9.59 Å². The molecule has 0 saturated heterocycles. The predicted octanol–water partition coefficient (Wildman–Crippen LogP) is 3.45. The van der Waals surface area contributed by atoms with Crippen molar-refractivity contribution in [1.29, 1.82) is 0 Å². The summed E-state index contributed by atoms with van der Waals surface area (Å²) in [6.45, 7) is 0.443. The molecule has 0 aliphatic carbocycles. The summed E-state index contributed by atoms with van der Waals surface area (Å²) in [5.41, 5.74) is 1.25. The average molecular weight is 390 g/mol. The van der Waals surface area contributed by atoms with Gasteiger partial charge in [0.25, 0.3) is 5.56 Å². The molecule has 0 unspecified atom stereocenters. The van der Waals surface area contributed by atoms with Crippen LogP contribution < -0.4 is 10.9 Å². The number of fused-ring (bicyclic) bond motifs is 1. The van der Waals surface area contributed by atoms with Gasteiger partial charge < -0.3 is 5.32 Å². The SMILES string of the molecule is O=C(Cn1cnc2c(Cl)cc(Cl)cc2c1=O)NCCCc1ccccc1. The van der Waals surface area contributed by atoms with E-state index in [0.29, 0.717) is 27.5 Å². The third kappa shape index (κ3) is 4.42. The van der Waals surface area contributed by atoms with Gasteiger partial charge in [-0.25, -0.2) is 4.98 Å². The van der Waals surface area contributed by atoms with Crippen molar-refractivity contribution >= 4 is 40.0 Å². The molecule has 1 N–H and O–H groups in total. The predicted molar refractivity (Wildman–Crippen MR) is 104 cm³/mol. The minimum absolute atomic E-state index is 0.1000. The number of halogens is 2. The minimum Gasteiger partial charge on any atom is -0.355 e. The van der Waals surface area contributed by atoms with E-state index >= 15 is 0 Å². The number of rotatable bonds is 6. The highest BCUT2D eigenvalue weighted by Crippen LogP contribution is 2.23. The van der Waals surface area contributed by atoms with E-state index in [1.807, 2.05) is 18.2 Å². The van der Waals surface area contributed by atoms with Crippen LogP contribution in [0.15, 0.2) is 53.6 Å². The number of carbonyl (C=O) groups excluding carboxylic acids is 1. The summed E-state index contributed by atoms with van der Waals surface area (Å²) < 4.78 is 1.25. The van der Waals surface area contributed by atoms with Gasteiger partial charge in [0.2, 0.25) is 5.91 Å². The topological polar surface area (TPSA) is 64.0 Å². The summed E-state index contributed by atoms with van der Waals surface area (Å²) in [6, 6.07) is 13.1. The van der Waals surface area contributed by atoms with Gasteiger partial charge in [-0.2, -0.15) is 0 Å². The van der Waals surface area contributed by atoms with Gasteiger partial charge >= 0.3 is 0 Å². The zero-order valence-corrected chi connectivity index (χ0v) is 15.4. The molecule has 0 aliphatic heterocycles. The Labute approximate surface area is 160 Å². The van der Waals surface area contributed by atoms with Crippen LogP contribution in [0.1, 0.15) is 12.0 Å². The molecular weight excluding hydrogens is 373 g/mol. The van der Waals surface area contributed by atoms with Crippen LogP contribution in [0, 0.1) is 0 Å². The molecule has 0 bridgehead atoms. The molecular formula is C19H17Cl2N3O2. The fourth-order valence-corrected chi connectivity index (χ4v) is 3.23. The third-order valence-corrected chi connectivity index (χ3v) is 4.47. The number of aromatic nitrogens is 2. The molecule has 2 aromatic carbocycles. The number of carbonyl (C=O) groups is 1. The first-order valence-electron chi connectivity index (χ1n) is 8.19. The van der Waals surface area contributed by atoms with E-state index in [0.717, 1.165) is 12.8 Å². The van der Waals surface area contributed by atoms with E-state index in [1.54, 1.807) is 0 Å². The summed E-state index contributed by atoms with van der Waals surface area (Å²) in [4.78, 5) is 28.8. The Bertz CT molecular complexity index is 987. The Kier molecular flexibility index (Phi) is 5.91. The minimum atomic E-state index is -0.348. The van der Waals surface area contributed by atoms with Crippen LogP contribution in [-0.2, 0) is 17.8 Å². The summed E-state index contributed by atoms with van der Waals surface area (Å²) in [5, 5.41) is 3.77. The van der Waals surface area contributed by atoms with Crippen molar-refractivity contribution in [1.82, 2.24) is 14.9 Å². The van der Waals surface area contributed by atoms with Crippen molar-refractivity contribution < 1.29 is 4.79 Å². The first kappa shape index (κ1) is 18.4. The molecule has 134 valence electrons. The second kappa shape index (κ2) is 8.34. The molecule has 0 atom stereocenters. The van der Waals surface area contributed by atoms with Crippen LogP contribution in [0.4, 0.5) is 0 Å².